The van der Waals surface area contributed by atoms with E-state index in [4.69, 9.17) is 0 Å². The Hall–Kier alpha value is -2.01. The van der Waals surface area contributed by atoms with Crippen molar-refractivity contribution >= 4 is 17.2 Å². The molecule has 0 saturated carbocycles. The molecule has 1 aromatic heterocycles. The van der Waals surface area contributed by atoms with Crippen LogP contribution < -0.4 is 0 Å². The number of aromatic nitrogens is 1. The van der Waals surface area contributed by atoms with Crippen molar-refractivity contribution in [1.82, 2.24) is 4.57 Å². The van der Waals surface area contributed by atoms with Crippen LogP contribution in [0.5, 0.6) is 0 Å². The first-order valence-electron chi connectivity index (χ1n) is 4.79. The van der Waals surface area contributed by atoms with E-state index in [1.165, 1.54) is 0 Å². The number of nitrogens with zero attached hydrogens (tertiary/aromatic N) is 1. The molecule has 2 heteroatoms. The molecule has 1 heterocycles. The van der Waals surface area contributed by atoms with Crippen LogP contribution in [0.25, 0.3) is 10.9 Å². The molecule has 0 bridgehead atoms. The number of aldehydes is 1. The number of rotatable bonds is 2. The van der Waals surface area contributed by atoms with Gasteiger partial charge in [0.2, 0.25) is 0 Å². The van der Waals surface area contributed by atoms with E-state index >= 15 is 0 Å². The number of hydrogen-bond acceptors (Lipinski definition) is 1. The first-order chi connectivity index (χ1) is 7.35. The molecule has 2 rings (SSSR count). The van der Waals surface area contributed by atoms with Crippen LogP contribution in [0.4, 0.5) is 0 Å². The third-order valence-electron chi connectivity index (χ3n) is 2.36. The molecule has 0 saturated heterocycles. The topological polar surface area (TPSA) is 22.0 Å². The second-order valence-electron chi connectivity index (χ2n) is 3.31. The fourth-order valence-electron chi connectivity index (χ4n) is 1.59. The van der Waals surface area contributed by atoms with Gasteiger partial charge in [0.1, 0.15) is 6.29 Å². The average Bonchev–Trinajstić information content (AvgIpc) is 2.68. The Morgan fingerprint density at radius 1 is 1.40 bits per heavy atom. The molecule has 0 aliphatic rings. The van der Waals surface area contributed by atoms with E-state index in [1.807, 2.05) is 37.4 Å². The monoisotopic (exact) mass is 197 g/mol. The van der Waals surface area contributed by atoms with Crippen LogP contribution in [-0.4, -0.2) is 10.9 Å². The second-order valence-corrected chi connectivity index (χ2v) is 3.31. The number of benzene rings is 1. The minimum Gasteiger partial charge on any atom is -0.336 e. The summed E-state index contributed by atoms with van der Waals surface area (Å²) in [5.74, 6) is 5.88. The van der Waals surface area contributed by atoms with Crippen LogP contribution in [-0.2, 0) is 6.54 Å². The molecule has 0 amide bonds. The summed E-state index contributed by atoms with van der Waals surface area (Å²) in [6.07, 6.45) is 2.85. The standard InChI is InChI=1S/C13H11NO/c1-2-3-7-14-8-6-12-9-11(10-15)4-5-13(12)14/h4-6,8-10H,7H2,1H3. The van der Waals surface area contributed by atoms with Crippen molar-refractivity contribution in [3.05, 3.63) is 36.0 Å². The third kappa shape index (κ3) is 1.77. The van der Waals surface area contributed by atoms with Crippen molar-refractivity contribution in [3.8, 4) is 11.8 Å². The highest BCUT2D eigenvalue weighted by Crippen LogP contribution is 2.16. The van der Waals surface area contributed by atoms with Crippen molar-refractivity contribution in [2.45, 2.75) is 13.5 Å². The lowest BCUT2D eigenvalue weighted by Gasteiger charge is -1.99. The summed E-state index contributed by atoms with van der Waals surface area (Å²) in [4.78, 5) is 10.6. The SMILES string of the molecule is CC#CCn1ccc2cc(C=O)ccc21. The molecule has 1 aromatic carbocycles. The number of fused-ring (bicyclic) bond motifs is 1. The lowest BCUT2D eigenvalue weighted by Crippen LogP contribution is -1.92. The molecule has 0 spiro atoms. The van der Waals surface area contributed by atoms with Crippen molar-refractivity contribution in [2.24, 2.45) is 0 Å². The fourth-order valence-corrected chi connectivity index (χ4v) is 1.59. The van der Waals surface area contributed by atoms with Gasteiger partial charge in [0.25, 0.3) is 0 Å². The molecule has 0 unspecified atom stereocenters. The van der Waals surface area contributed by atoms with E-state index in [2.05, 4.69) is 16.4 Å². The van der Waals surface area contributed by atoms with E-state index in [0.717, 1.165) is 17.2 Å². The maximum atomic E-state index is 10.6. The summed E-state index contributed by atoms with van der Waals surface area (Å²) in [7, 11) is 0. The molecule has 0 fully saturated rings. The van der Waals surface area contributed by atoms with E-state index in [9.17, 15) is 4.79 Å². The normalized spacial score (nSPS) is 9.67. The van der Waals surface area contributed by atoms with Gasteiger partial charge in [-0.1, -0.05) is 5.92 Å². The van der Waals surface area contributed by atoms with Crippen molar-refractivity contribution in [3.63, 3.8) is 0 Å². The predicted octanol–water partition coefficient (Wildman–Crippen LogP) is 2.48. The molecular formula is C13H11NO. The second kappa shape index (κ2) is 4.02. The zero-order valence-electron chi connectivity index (χ0n) is 8.53. The largest absolute Gasteiger partial charge is 0.336 e. The van der Waals surface area contributed by atoms with Crippen molar-refractivity contribution in [1.29, 1.82) is 0 Å². The summed E-state index contributed by atoms with van der Waals surface area (Å²) >= 11 is 0. The Kier molecular flexibility index (Phi) is 2.55. The summed E-state index contributed by atoms with van der Waals surface area (Å²) < 4.78 is 2.07. The zero-order valence-corrected chi connectivity index (χ0v) is 8.53. The van der Waals surface area contributed by atoms with Gasteiger partial charge in [-0.05, 0) is 31.2 Å². The molecule has 0 atom stereocenters. The van der Waals surface area contributed by atoms with E-state index in [-0.39, 0.29) is 0 Å². The Morgan fingerprint density at radius 2 is 2.27 bits per heavy atom. The van der Waals surface area contributed by atoms with Gasteiger partial charge in [0.05, 0.1) is 6.54 Å². The number of carbonyl (C=O) groups is 1. The van der Waals surface area contributed by atoms with Crippen LogP contribution in [0.15, 0.2) is 30.5 Å². The lowest BCUT2D eigenvalue weighted by atomic mass is 10.2. The molecule has 2 nitrogen and oxygen atoms in total. The Labute approximate surface area is 88.5 Å². The zero-order chi connectivity index (χ0) is 10.7. The number of carbonyl (C=O) groups excluding carboxylic acids is 1. The predicted molar refractivity (Wildman–Crippen MR) is 60.8 cm³/mol. The first-order valence-corrected chi connectivity index (χ1v) is 4.79. The molecule has 0 radical (unpaired) electrons. The average molecular weight is 197 g/mol. The van der Waals surface area contributed by atoms with Gasteiger partial charge in [-0.3, -0.25) is 4.79 Å². The molecule has 74 valence electrons. The quantitative estimate of drug-likeness (QED) is 0.535. The van der Waals surface area contributed by atoms with Crippen molar-refractivity contribution < 1.29 is 4.79 Å². The number of hydrogen-bond donors (Lipinski definition) is 0. The highest BCUT2D eigenvalue weighted by Gasteiger charge is 2.00. The fraction of sp³-hybridized carbons (Fsp3) is 0.154. The molecule has 2 aromatic rings. The van der Waals surface area contributed by atoms with Crippen LogP contribution >= 0.6 is 0 Å². The van der Waals surface area contributed by atoms with Crippen molar-refractivity contribution in [2.75, 3.05) is 0 Å². The third-order valence-corrected chi connectivity index (χ3v) is 2.36. The summed E-state index contributed by atoms with van der Waals surface area (Å²) in [6.45, 7) is 2.52. The van der Waals surface area contributed by atoms with E-state index in [1.54, 1.807) is 0 Å². The summed E-state index contributed by atoms with van der Waals surface area (Å²) in [5, 5.41) is 1.08. The van der Waals surface area contributed by atoms with Gasteiger partial charge in [-0.25, -0.2) is 0 Å². The lowest BCUT2D eigenvalue weighted by molar-refractivity contribution is 0.112. The summed E-state index contributed by atoms with van der Waals surface area (Å²) in [6, 6.07) is 7.67. The van der Waals surface area contributed by atoms with E-state index < -0.39 is 0 Å². The van der Waals surface area contributed by atoms with Gasteiger partial charge in [-0.15, -0.1) is 5.92 Å². The smallest absolute Gasteiger partial charge is 0.150 e. The highest BCUT2D eigenvalue weighted by molar-refractivity contribution is 5.87. The maximum Gasteiger partial charge on any atom is 0.150 e. The molecular weight excluding hydrogens is 186 g/mol. The molecule has 0 N–H and O–H groups in total. The van der Waals surface area contributed by atoms with Crippen LogP contribution in [0.1, 0.15) is 17.3 Å². The molecule has 15 heavy (non-hydrogen) atoms. The minimum atomic E-state index is 0.695. The van der Waals surface area contributed by atoms with Crippen LogP contribution in [0.3, 0.4) is 0 Å². The Balaban J connectivity index is 2.50. The van der Waals surface area contributed by atoms with Gasteiger partial charge < -0.3 is 4.57 Å². The Bertz CT molecular complexity index is 555. The van der Waals surface area contributed by atoms with Gasteiger partial charge in [-0.2, -0.15) is 0 Å². The molecule has 0 aliphatic heterocycles. The van der Waals surface area contributed by atoms with Crippen LogP contribution in [0, 0.1) is 11.8 Å². The van der Waals surface area contributed by atoms with Gasteiger partial charge in [0.15, 0.2) is 0 Å². The highest BCUT2D eigenvalue weighted by atomic mass is 16.1. The summed E-state index contributed by atoms with van der Waals surface area (Å²) in [5.41, 5.74) is 1.82. The Morgan fingerprint density at radius 3 is 3.00 bits per heavy atom. The van der Waals surface area contributed by atoms with Gasteiger partial charge >= 0.3 is 0 Å². The first kappa shape index (κ1) is 9.54. The van der Waals surface area contributed by atoms with Crippen LogP contribution in [0.2, 0.25) is 0 Å². The van der Waals surface area contributed by atoms with E-state index in [0.29, 0.717) is 12.1 Å². The van der Waals surface area contributed by atoms with Gasteiger partial charge in [0, 0.05) is 22.7 Å². The maximum absolute atomic E-state index is 10.6. The molecule has 0 aliphatic carbocycles. The minimum absolute atomic E-state index is 0.695.